The zero-order valence-electron chi connectivity index (χ0n) is 8.94. The molecule has 2 fully saturated rings. The van der Waals surface area contributed by atoms with E-state index in [1.54, 1.807) is 0 Å². The van der Waals surface area contributed by atoms with Gasteiger partial charge >= 0.3 is 0 Å². The molecule has 1 saturated heterocycles. The van der Waals surface area contributed by atoms with E-state index in [0.29, 0.717) is 6.04 Å². The van der Waals surface area contributed by atoms with E-state index in [-0.39, 0.29) is 11.3 Å². The van der Waals surface area contributed by atoms with E-state index in [1.165, 1.54) is 19.3 Å². The number of amides is 1. The van der Waals surface area contributed by atoms with Crippen LogP contribution in [0.3, 0.4) is 0 Å². The average molecular weight is 196 g/mol. The fraction of sp³-hybridized carbons (Fsp3) is 0.909. The molecular formula is C11H20N2O. The molecule has 14 heavy (non-hydrogen) atoms. The molecule has 0 aromatic heterocycles. The van der Waals surface area contributed by atoms with Crippen LogP contribution in [-0.4, -0.2) is 25.0 Å². The van der Waals surface area contributed by atoms with Gasteiger partial charge in [-0.05, 0) is 45.6 Å². The maximum atomic E-state index is 12.0. The molecule has 0 radical (unpaired) electrons. The number of hydrogen-bond donors (Lipinski definition) is 2. The Labute approximate surface area is 85.6 Å². The van der Waals surface area contributed by atoms with Gasteiger partial charge in [0.1, 0.15) is 0 Å². The second kappa shape index (κ2) is 3.89. The lowest BCUT2D eigenvalue weighted by molar-refractivity contribution is -0.132. The highest BCUT2D eigenvalue weighted by Crippen LogP contribution is 2.27. The van der Waals surface area contributed by atoms with Gasteiger partial charge in [0.05, 0.1) is 5.41 Å². The monoisotopic (exact) mass is 196 g/mol. The number of carbonyl (C=O) groups excluding carboxylic acids is 1. The van der Waals surface area contributed by atoms with Crippen LogP contribution >= 0.6 is 0 Å². The SMILES string of the molecule is CC1(C(=O)NC2CCC2)CCCNC1. The van der Waals surface area contributed by atoms with Crippen LogP contribution < -0.4 is 10.6 Å². The first-order valence-electron chi connectivity index (χ1n) is 5.72. The Kier molecular flexibility index (Phi) is 2.77. The third-order valence-corrected chi connectivity index (χ3v) is 3.59. The highest BCUT2D eigenvalue weighted by atomic mass is 16.2. The van der Waals surface area contributed by atoms with Gasteiger partial charge < -0.3 is 10.6 Å². The van der Waals surface area contributed by atoms with E-state index >= 15 is 0 Å². The minimum atomic E-state index is -0.159. The first-order valence-corrected chi connectivity index (χ1v) is 5.72. The fourth-order valence-electron chi connectivity index (χ4n) is 2.16. The Bertz CT molecular complexity index is 217. The van der Waals surface area contributed by atoms with Crippen molar-refractivity contribution >= 4 is 5.91 Å². The largest absolute Gasteiger partial charge is 0.353 e. The van der Waals surface area contributed by atoms with Crippen molar-refractivity contribution in [3.8, 4) is 0 Å². The maximum Gasteiger partial charge on any atom is 0.227 e. The van der Waals surface area contributed by atoms with Gasteiger partial charge in [0, 0.05) is 12.6 Å². The lowest BCUT2D eigenvalue weighted by atomic mass is 9.81. The molecule has 1 aliphatic carbocycles. The number of carbonyl (C=O) groups is 1. The van der Waals surface area contributed by atoms with Gasteiger partial charge in [0.25, 0.3) is 0 Å². The summed E-state index contributed by atoms with van der Waals surface area (Å²) in [5, 5.41) is 6.45. The predicted molar refractivity (Wildman–Crippen MR) is 56.0 cm³/mol. The quantitative estimate of drug-likeness (QED) is 0.693. The first kappa shape index (κ1) is 9.97. The van der Waals surface area contributed by atoms with Gasteiger partial charge in [-0.25, -0.2) is 0 Å². The third kappa shape index (κ3) is 1.92. The Morgan fingerprint density at radius 2 is 2.21 bits per heavy atom. The van der Waals surface area contributed by atoms with E-state index in [4.69, 9.17) is 0 Å². The summed E-state index contributed by atoms with van der Waals surface area (Å²) in [5.41, 5.74) is -0.159. The fourth-order valence-corrected chi connectivity index (χ4v) is 2.16. The Balaban J connectivity index is 1.87. The Morgan fingerprint density at radius 1 is 1.43 bits per heavy atom. The molecule has 0 aromatic rings. The second-order valence-corrected chi connectivity index (χ2v) is 4.94. The Morgan fingerprint density at radius 3 is 2.71 bits per heavy atom. The molecule has 1 aliphatic heterocycles. The molecule has 0 spiro atoms. The molecule has 1 unspecified atom stereocenters. The van der Waals surface area contributed by atoms with Crippen LogP contribution in [0.15, 0.2) is 0 Å². The third-order valence-electron chi connectivity index (χ3n) is 3.59. The normalized spacial score (nSPS) is 33.5. The molecule has 2 N–H and O–H groups in total. The smallest absolute Gasteiger partial charge is 0.227 e. The number of rotatable bonds is 2. The maximum absolute atomic E-state index is 12.0. The average Bonchev–Trinajstić information content (AvgIpc) is 2.12. The Hall–Kier alpha value is -0.570. The molecule has 1 amide bonds. The van der Waals surface area contributed by atoms with Gasteiger partial charge in [0.2, 0.25) is 5.91 Å². The van der Waals surface area contributed by atoms with E-state index in [1.807, 2.05) is 0 Å². The molecule has 1 saturated carbocycles. The zero-order valence-corrected chi connectivity index (χ0v) is 8.94. The molecular weight excluding hydrogens is 176 g/mol. The van der Waals surface area contributed by atoms with Crippen molar-refractivity contribution in [2.75, 3.05) is 13.1 Å². The highest BCUT2D eigenvalue weighted by molar-refractivity contribution is 5.83. The van der Waals surface area contributed by atoms with Crippen LogP contribution in [0.5, 0.6) is 0 Å². The van der Waals surface area contributed by atoms with E-state index < -0.39 is 0 Å². The predicted octanol–water partition coefficient (Wildman–Crippen LogP) is 1.04. The topological polar surface area (TPSA) is 41.1 Å². The number of hydrogen-bond acceptors (Lipinski definition) is 2. The molecule has 3 nitrogen and oxygen atoms in total. The summed E-state index contributed by atoms with van der Waals surface area (Å²) >= 11 is 0. The highest BCUT2D eigenvalue weighted by Gasteiger charge is 2.36. The van der Waals surface area contributed by atoms with Gasteiger partial charge in [-0.3, -0.25) is 4.79 Å². The van der Waals surface area contributed by atoms with Crippen molar-refractivity contribution in [3.05, 3.63) is 0 Å². The van der Waals surface area contributed by atoms with Crippen molar-refractivity contribution in [2.24, 2.45) is 5.41 Å². The molecule has 0 bridgehead atoms. The summed E-state index contributed by atoms with van der Waals surface area (Å²) in [6.45, 7) is 3.98. The van der Waals surface area contributed by atoms with E-state index in [0.717, 1.165) is 25.9 Å². The van der Waals surface area contributed by atoms with Crippen molar-refractivity contribution in [1.82, 2.24) is 10.6 Å². The van der Waals surface area contributed by atoms with Crippen LogP contribution in [0.1, 0.15) is 39.0 Å². The lowest BCUT2D eigenvalue weighted by Crippen LogP contribution is -2.52. The first-order chi connectivity index (χ1) is 6.71. The van der Waals surface area contributed by atoms with E-state index in [9.17, 15) is 4.79 Å². The van der Waals surface area contributed by atoms with Gasteiger partial charge in [-0.15, -0.1) is 0 Å². The van der Waals surface area contributed by atoms with E-state index in [2.05, 4.69) is 17.6 Å². The zero-order chi connectivity index (χ0) is 10.0. The molecule has 2 rings (SSSR count). The van der Waals surface area contributed by atoms with Crippen LogP contribution in [0.2, 0.25) is 0 Å². The van der Waals surface area contributed by atoms with Crippen LogP contribution in [0.4, 0.5) is 0 Å². The standard InChI is InChI=1S/C11H20N2O/c1-11(6-3-7-12-8-11)10(14)13-9-4-2-5-9/h9,12H,2-8H2,1H3,(H,13,14). The summed E-state index contributed by atoms with van der Waals surface area (Å²) in [5.74, 6) is 0.259. The molecule has 1 atom stereocenters. The molecule has 0 aromatic carbocycles. The number of nitrogens with one attached hydrogen (secondary N) is 2. The van der Waals surface area contributed by atoms with Crippen molar-refractivity contribution in [2.45, 2.75) is 45.1 Å². The van der Waals surface area contributed by atoms with Crippen molar-refractivity contribution in [1.29, 1.82) is 0 Å². The summed E-state index contributed by atoms with van der Waals surface area (Å²) in [7, 11) is 0. The summed E-state index contributed by atoms with van der Waals surface area (Å²) in [6, 6.07) is 0.473. The molecule has 3 heteroatoms. The number of piperidine rings is 1. The van der Waals surface area contributed by atoms with Gasteiger partial charge in [-0.2, -0.15) is 0 Å². The summed E-state index contributed by atoms with van der Waals surface area (Å²) in [6.07, 6.45) is 5.78. The summed E-state index contributed by atoms with van der Waals surface area (Å²) < 4.78 is 0. The van der Waals surface area contributed by atoms with Gasteiger partial charge in [-0.1, -0.05) is 0 Å². The van der Waals surface area contributed by atoms with Crippen LogP contribution in [0.25, 0.3) is 0 Å². The molecule has 1 heterocycles. The minimum Gasteiger partial charge on any atom is -0.353 e. The van der Waals surface area contributed by atoms with Crippen LogP contribution in [-0.2, 0) is 4.79 Å². The second-order valence-electron chi connectivity index (χ2n) is 4.94. The van der Waals surface area contributed by atoms with Crippen molar-refractivity contribution in [3.63, 3.8) is 0 Å². The van der Waals surface area contributed by atoms with Gasteiger partial charge in [0.15, 0.2) is 0 Å². The molecule has 80 valence electrons. The van der Waals surface area contributed by atoms with Crippen molar-refractivity contribution < 1.29 is 4.79 Å². The molecule has 2 aliphatic rings. The summed E-state index contributed by atoms with van der Waals surface area (Å²) in [4.78, 5) is 12.0. The lowest BCUT2D eigenvalue weighted by Gasteiger charge is -2.36. The minimum absolute atomic E-state index is 0.159. The van der Waals surface area contributed by atoms with Crippen LogP contribution in [0, 0.1) is 5.41 Å².